The van der Waals surface area contributed by atoms with E-state index in [-0.39, 0.29) is 29.1 Å². The first-order valence-corrected chi connectivity index (χ1v) is 12.6. The number of hydrogen-bond acceptors (Lipinski definition) is 6. The molecule has 2 saturated heterocycles. The number of piperidine rings is 1. The number of aryl methyl sites for hydroxylation is 1. The highest BCUT2D eigenvalue weighted by atomic mass is 35.5. The molecular weight excluding hydrogens is 456 g/mol. The van der Waals surface area contributed by atoms with E-state index < -0.39 is 0 Å². The summed E-state index contributed by atoms with van der Waals surface area (Å²) in [4.78, 5) is 39.5. The number of anilines is 1. The third-order valence-corrected chi connectivity index (χ3v) is 8.85. The molecule has 3 fully saturated rings. The molecule has 6 nitrogen and oxygen atoms in total. The Balaban J connectivity index is 1.40. The van der Waals surface area contributed by atoms with Crippen LogP contribution in [0.4, 0.5) is 5.69 Å². The first-order valence-electron chi connectivity index (χ1n) is 11.4. The van der Waals surface area contributed by atoms with Gasteiger partial charge in [-0.25, -0.2) is 4.98 Å². The van der Waals surface area contributed by atoms with Crippen LogP contribution in [-0.4, -0.2) is 39.8 Å². The lowest BCUT2D eigenvalue weighted by Crippen LogP contribution is -2.35. The van der Waals surface area contributed by atoms with Crippen LogP contribution >= 0.6 is 22.9 Å². The van der Waals surface area contributed by atoms with E-state index in [1.165, 1.54) is 17.7 Å². The number of amides is 2. The lowest BCUT2D eigenvalue weighted by atomic mass is 10.0. The van der Waals surface area contributed by atoms with Gasteiger partial charge in [0.15, 0.2) is 0 Å². The molecule has 33 heavy (non-hydrogen) atoms. The second kappa shape index (κ2) is 7.24. The number of carbonyl (C=O) groups excluding carboxylic acids is 2. The van der Waals surface area contributed by atoms with Crippen LogP contribution in [0.25, 0.3) is 21.3 Å². The number of likely N-dealkylation sites (tertiary alicyclic amines) is 1. The standard InChI is InChI=1S/C25H25ClN4O2S/c1-13-21(29-8-4-5-9-29)16(11-18(26)28-13)15-6-7-27-17-10-14(33-22(15)17)12-30-23(31)19-20(24(30)32)25(19,2)3/h6-7,10-11,19-20H,4-5,8-9,12H2,1-3H3. The molecule has 0 bridgehead atoms. The van der Waals surface area contributed by atoms with Crippen molar-refractivity contribution in [1.82, 2.24) is 14.9 Å². The Kier molecular flexibility index (Phi) is 4.62. The van der Waals surface area contributed by atoms with Crippen molar-refractivity contribution in [2.24, 2.45) is 17.3 Å². The van der Waals surface area contributed by atoms with Crippen molar-refractivity contribution in [3.05, 3.63) is 40.1 Å². The summed E-state index contributed by atoms with van der Waals surface area (Å²) < 4.78 is 1.04. The molecule has 1 saturated carbocycles. The number of halogens is 1. The Bertz CT molecular complexity index is 1300. The smallest absolute Gasteiger partial charge is 0.234 e. The summed E-state index contributed by atoms with van der Waals surface area (Å²) in [5.74, 6) is -0.377. The molecule has 0 spiro atoms. The fourth-order valence-electron chi connectivity index (χ4n) is 5.77. The maximum Gasteiger partial charge on any atom is 0.234 e. The van der Waals surface area contributed by atoms with Crippen LogP contribution in [0.2, 0.25) is 5.15 Å². The van der Waals surface area contributed by atoms with Crippen LogP contribution in [0, 0.1) is 24.2 Å². The van der Waals surface area contributed by atoms with Crippen molar-refractivity contribution in [3.63, 3.8) is 0 Å². The minimum absolute atomic E-state index is 0.0338. The summed E-state index contributed by atoms with van der Waals surface area (Å²) in [6.45, 7) is 8.36. The Morgan fingerprint density at radius 2 is 1.82 bits per heavy atom. The summed E-state index contributed by atoms with van der Waals surface area (Å²) in [5, 5.41) is 0.474. The molecule has 2 atom stereocenters. The van der Waals surface area contributed by atoms with Gasteiger partial charge in [0.05, 0.1) is 40.0 Å². The first-order chi connectivity index (χ1) is 15.8. The molecule has 8 heteroatoms. The van der Waals surface area contributed by atoms with E-state index in [0.29, 0.717) is 11.7 Å². The Hall–Kier alpha value is -2.51. The van der Waals surface area contributed by atoms with Gasteiger partial charge in [0, 0.05) is 35.3 Å². The maximum absolute atomic E-state index is 12.8. The zero-order chi connectivity index (χ0) is 23.1. The molecular formula is C25H25ClN4O2S. The Labute approximate surface area is 201 Å². The van der Waals surface area contributed by atoms with Gasteiger partial charge in [-0.15, -0.1) is 11.3 Å². The van der Waals surface area contributed by atoms with Crippen molar-refractivity contribution >= 4 is 50.7 Å². The fraction of sp³-hybridized carbons (Fsp3) is 0.440. The third-order valence-electron chi connectivity index (χ3n) is 7.52. The van der Waals surface area contributed by atoms with Gasteiger partial charge < -0.3 is 4.90 Å². The number of hydrogen-bond donors (Lipinski definition) is 0. The number of pyridine rings is 2. The number of thiophene rings is 1. The molecule has 170 valence electrons. The number of rotatable bonds is 4. The normalized spacial score (nSPS) is 23.6. The lowest BCUT2D eigenvalue weighted by molar-refractivity contribution is -0.143. The van der Waals surface area contributed by atoms with E-state index >= 15 is 0 Å². The maximum atomic E-state index is 12.8. The van der Waals surface area contributed by atoms with E-state index in [1.807, 2.05) is 45.2 Å². The van der Waals surface area contributed by atoms with Gasteiger partial charge in [0.2, 0.25) is 11.8 Å². The predicted molar refractivity (Wildman–Crippen MR) is 130 cm³/mol. The number of fused-ring (bicyclic) bond motifs is 2. The average Bonchev–Trinajstić information content (AvgIpc) is 3.22. The van der Waals surface area contributed by atoms with Crippen molar-refractivity contribution < 1.29 is 9.59 Å². The van der Waals surface area contributed by atoms with Crippen molar-refractivity contribution in [3.8, 4) is 11.1 Å². The monoisotopic (exact) mass is 480 g/mol. The number of nitrogens with zero attached hydrogens (tertiary/aromatic N) is 4. The molecule has 0 radical (unpaired) electrons. The molecule has 0 aromatic carbocycles. The van der Waals surface area contributed by atoms with Gasteiger partial charge >= 0.3 is 0 Å². The predicted octanol–water partition coefficient (Wildman–Crippen LogP) is 5.06. The van der Waals surface area contributed by atoms with Gasteiger partial charge in [-0.05, 0) is 43.4 Å². The molecule has 3 aliphatic rings. The van der Waals surface area contributed by atoms with Crippen LogP contribution in [0.1, 0.15) is 37.3 Å². The number of aromatic nitrogens is 2. The molecule has 3 aromatic rings. The van der Waals surface area contributed by atoms with Crippen LogP contribution in [0.3, 0.4) is 0 Å². The molecule has 5 heterocycles. The number of imide groups is 1. The minimum atomic E-state index is -0.190. The van der Waals surface area contributed by atoms with E-state index in [2.05, 4.69) is 14.9 Å². The van der Waals surface area contributed by atoms with Gasteiger partial charge in [-0.3, -0.25) is 19.5 Å². The summed E-state index contributed by atoms with van der Waals surface area (Å²) in [6.07, 6.45) is 4.16. The average molecular weight is 481 g/mol. The summed E-state index contributed by atoms with van der Waals surface area (Å²) in [7, 11) is 0. The first kappa shape index (κ1) is 21.1. The van der Waals surface area contributed by atoms with Crippen molar-refractivity contribution in [2.75, 3.05) is 18.0 Å². The Morgan fingerprint density at radius 1 is 1.12 bits per heavy atom. The highest BCUT2D eigenvalue weighted by Gasteiger charge is 2.72. The highest BCUT2D eigenvalue weighted by Crippen LogP contribution is 2.63. The number of carbonyl (C=O) groups is 2. The molecule has 2 amide bonds. The van der Waals surface area contributed by atoms with E-state index in [4.69, 9.17) is 11.6 Å². The second-order valence-electron chi connectivity index (χ2n) is 9.95. The van der Waals surface area contributed by atoms with Crippen LogP contribution < -0.4 is 4.90 Å². The zero-order valence-corrected chi connectivity index (χ0v) is 20.5. The molecule has 3 aromatic heterocycles. The van der Waals surface area contributed by atoms with Crippen LogP contribution in [0.15, 0.2) is 24.4 Å². The summed E-state index contributed by atoms with van der Waals surface area (Å²) in [5.41, 5.74) is 4.86. The molecule has 6 rings (SSSR count). The van der Waals surface area contributed by atoms with E-state index in [9.17, 15) is 9.59 Å². The van der Waals surface area contributed by atoms with Gasteiger partial charge in [0.1, 0.15) is 5.15 Å². The topological polar surface area (TPSA) is 66.4 Å². The molecule has 2 unspecified atom stereocenters. The molecule has 2 aliphatic heterocycles. The Morgan fingerprint density at radius 3 is 2.52 bits per heavy atom. The minimum Gasteiger partial charge on any atom is -0.370 e. The van der Waals surface area contributed by atoms with Gasteiger partial charge in [0.25, 0.3) is 0 Å². The van der Waals surface area contributed by atoms with Gasteiger partial charge in [-0.2, -0.15) is 0 Å². The fourth-order valence-corrected chi connectivity index (χ4v) is 7.13. The third kappa shape index (κ3) is 3.12. The molecule has 0 N–H and O–H groups in total. The SMILES string of the molecule is Cc1nc(Cl)cc(-c2ccnc3cc(CN4C(=O)C5C(C4=O)C5(C)C)sc23)c1N1CCCC1. The summed E-state index contributed by atoms with van der Waals surface area (Å²) in [6, 6.07) is 5.97. The second-order valence-corrected chi connectivity index (χ2v) is 11.5. The largest absolute Gasteiger partial charge is 0.370 e. The lowest BCUT2D eigenvalue weighted by Gasteiger charge is -2.23. The van der Waals surface area contributed by atoms with Crippen LogP contribution in [0.5, 0.6) is 0 Å². The van der Waals surface area contributed by atoms with E-state index in [0.717, 1.165) is 50.7 Å². The quantitative estimate of drug-likeness (QED) is 0.385. The zero-order valence-electron chi connectivity index (χ0n) is 18.9. The van der Waals surface area contributed by atoms with Gasteiger partial charge in [-0.1, -0.05) is 25.4 Å². The highest BCUT2D eigenvalue weighted by molar-refractivity contribution is 7.19. The van der Waals surface area contributed by atoms with Crippen molar-refractivity contribution in [1.29, 1.82) is 0 Å². The summed E-state index contributed by atoms with van der Waals surface area (Å²) >= 11 is 8.00. The molecule has 1 aliphatic carbocycles. The van der Waals surface area contributed by atoms with E-state index in [1.54, 1.807) is 11.3 Å². The van der Waals surface area contributed by atoms with Crippen LogP contribution in [-0.2, 0) is 16.1 Å². The van der Waals surface area contributed by atoms with Crippen molar-refractivity contribution in [2.45, 2.75) is 40.2 Å².